The van der Waals surface area contributed by atoms with E-state index in [0.29, 0.717) is 16.5 Å². The van der Waals surface area contributed by atoms with E-state index in [9.17, 15) is 4.79 Å². The van der Waals surface area contributed by atoms with Crippen molar-refractivity contribution in [2.75, 3.05) is 18.2 Å². The standard InChI is InChI=1S/C22H21N5O2S/c1-3-15-4-6-16(7-5-15)19-12-13-20-24-25-22(27(20)26-19)30-14-21(28)23-17-8-10-18(29-2)11-9-17/h4-13H,3,14H2,1-2H3,(H,23,28). The summed E-state index contributed by atoms with van der Waals surface area (Å²) in [6, 6.07) is 19.3. The highest BCUT2D eigenvalue weighted by atomic mass is 32.2. The van der Waals surface area contributed by atoms with Crippen molar-refractivity contribution in [1.82, 2.24) is 19.8 Å². The molecule has 4 rings (SSSR count). The molecular weight excluding hydrogens is 398 g/mol. The Morgan fingerprint density at radius 1 is 1.03 bits per heavy atom. The molecule has 30 heavy (non-hydrogen) atoms. The summed E-state index contributed by atoms with van der Waals surface area (Å²) in [5, 5.41) is 16.4. The van der Waals surface area contributed by atoms with Crippen LogP contribution in [-0.2, 0) is 11.2 Å². The summed E-state index contributed by atoms with van der Waals surface area (Å²) in [5.74, 6) is 0.806. The summed E-state index contributed by atoms with van der Waals surface area (Å²) in [4.78, 5) is 12.3. The average molecular weight is 420 g/mol. The van der Waals surface area contributed by atoms with Crippen LogP contribution < -0.4 is 10.1 Å². The Labute approximate surface area is 178 Å². The van der Waals surface area contributed by atoms with Crippen LogP contribution in [0.25, 0.3) is 16.9 Å². The molecule has 0 saturated carbocycles. The number of anilines is 1. The first-order valence-electron chi connectivity index (χ1n) is 9.54. The first-order valence-corrected chi connectivity index (χ1v) is 10.5. The second-order valence-corrected chi connectivity index (χ2v) is 7.53. The van der Waals surface area contributed by atoms with E-state index in [0.717, 1.165) is 23.4 Å². The number of amides is 1. The molecule has 152 valence electrons. The van der Waals surface area contributed by atoms with E-state index < -0.39 is 0 Å². The molecule has 2 heterocycles. The molecule has 7 nitrogen and oxygen atoms in total. The SMILES string of the molecule is CCc1ccc(-c2ccc3nnc(SCC(=O)Nc4ccc(OC)cc4)n3n2)cc1. The van der Waals surface area contributed by atoms with Crippen molar-refractivity contribution in [1.29, 1.82) is 0 Å². The van der Waals surface area contributed by atoms with Gasteiger partial charge in [0.05, 0.1) is 18.6 Å². The second-order valence-electron chi connectivity index (χ2n) is 6.59. The number of methoxy groups -OCH3 is 1. The van der Waals surface area contributed by atoms with E-state index in [1.54, 1.807) is 35.9 Å². The number of nitrogens with one attached hydrogen (secondary N) is 1. The molecule has 0 unspecified atom stereocenters. The van der Waals surface area contributed by atoms with E-state index >= 15 is 0 Å². The van der Waals surface area contributed by atoms with Gasteiger partial charge in [0.2, 0.25) is 11.1 Å². The predicted octanol–water partition coefficient (Wildman–Crippen LogP) is 4.09. The third-order valence-corrected chi connectivity index (χ3v) is 5.52. The van der Waals surface area contributed by atoms with E-state index in [2.05, 4.69) is 51.8 Å². The fourth-order valence-corrected chi connectivity index (χ4v) is 3.61. The molecule has 8 heteroatoms. The Morgan fingerprint density at radius 3 is 2.50 bits per heavy atom. The molecule has 2 aromatic carbocycles. The Morgan fingerprint density at radius 2 is 1.80 bits per heavy atom. The van der Waals surface area contributed by atoms with Crippen molar-refractivity contribution in [3.63, 3.8) is 0 Å². The molecule has 0 spiro atoms. The van der Waals surface area contributed by atoms with Crippen LogP contribution in [0.2, 0.25) is 0 Å². The Hall–Kier alpha value is -3.39. The Balaban J connectivity index is 1.46. The lowest BCUT2D eigenvalue weighted by Crippen LogP contribution is -2.14. The normalized spacial score (nSPS) is 10.9. The van der Waals surface area contributed by atoms with Crippen LogP contribution in [0.15, 0.2) is 65.8 Å². The van der Waals surface area contributed by atoms with Gasteiger partial charge in [-0.2, -0.15) is 9.61 Å². The minimum Gasteiger partial charge on any atom is -0.497 e. The molecule has 1 N–H and O–H groups in total. The van der Waals surface area contributed by atoms with Crippen LogP contribution in [-0.4, -0.2) is 38.6 Å². The van der Waals surface area contributed by atoms with Gasteiger partial charge in [0, 0.05) is 11.3 Å². The van der Waals surface area contributed by atoms with Crippen LogP contribution >= 0.6 is 11.8 Å². The third kappa shape index (κ3) is 4.44. The zero-order valence-electron chi connectivity index (χ0n) is 16.7. The smallest absolute Gasteiger partial charge is 0.234 e. The molecule has 0 aliphatic carbocycles. The highest BCUT2D eigenvalue weighted by Gasteiger charge is 2.12. The highest BCUT2D eigenvalue weighted by molar-refractivity contribution is 7.99. The highest BCUT2D eigenvalue weighted by Crippen LogP contribution is 2.22. The van der Waals surface area contributed by atoms with Gasteiger partial charge in [0.25, 0.3) is 0 Å². The van der Waals surface area contributed by atoms with Crippen molar-refractivity contribution in [2.45, 2.75) is 18.5 Å². The molecule has 4 aromatic rings. The van der Waals surface area contributed by atoms with E-state index in [1.807, 2.05) is 12.1 Å². The fourth-order valence-electron chi connectivity index (χ4n) is 2.93. The van der Waals surface area contributed by atoms with Gasteiger partial charge in [0.1, 0.15) is 5.75 Å². The summed E-state index contributed by atoms with van der Waals surface area (Å²) in [7, 11) is 1.60. The third-order valence-electron chi connectivity index (χ3n) is 4.60. The van der Waals surface area contributed by atoms with Gasteiger partial charge in [-0.05, 0) is 48.4 Å². The largest absolute Gasteiger partial charge is 0.497 e. The van der Waals surface area contributed by atoms with Gasteiger partial charge < -0.3 is 10.1 Å². The van der Waals surface area contributed by atoms with E-state index in [-0.39, 0.29) is 11.7 Å². The maximum Gasteiger partial charge on any atom is 0.234 e. The Bertz CT molecular complexity index is 1160. The zero-order valence-corrected chi connectivity index (χ0v) is 17.5. The summed E-state index contributed by atoms with van der Waals surface area (Å²) in [6.07, 6.45) is 0.998. The van der Waals surface area contributed by atoms with Crippen LogP contribution in [0.3, 0.4) is 0 Å². The lowest BCUT2D eigenvalue weighted by atomic mass is 10.1. The molecule has 0 aliphatic heterocycles. The second kappa shape index (κ2) is 8.96. The van der Waals surface area contributed by atoms with Gasteiger partial charge in [-0.25, -0.2) is 0 Å². The van der Waals surface area contributed by atoms with Crippen molar-refractivity contribution in [3.8, 4) is 17.0 Å². The first-order chi connectivity index (χ1) is 14.7. The van der Waals surface area contributed by atoms with Gasteiger partial charge in [-0.1, -0.05) is 43.0 Å². The number of fused-ring (bicyclic) bond motifs is 1. The molecule has 0 bridgehead atoms. The minimum absolute atomic E-state index is 0.131. The fraction of sp³-hybridized carbons (Fsp3) is 0.182. The van der Waals surface area contributed by atoms with Crippen LogP contribution in [0.5, 0.6) is 5.75 Å². The van der Waals surface area contributed by atoms with E-state index in [4.69, 9.17) is 4.74 Å². The number of carbonyl (C=O) groups is 1. The number of aromatic nitrogens is 4. The van der Waals surface area contributed by atoms with Crippen LogP contribution in [0.1, 0.15) is 12.5 Å². The van der Waals surface area contributed by atoms with Gasteiger partial charge in [-0.15, -0.1) is 10.2 Å². The quantitative estimate of drug-likeness (QED) is 0.454. The van der Waals surface area contributed by atoms with Crippen molar-refractivity contribution in [2.24, 2.45) is 0 Å². The van der Waals surface area contributed by atoms with E-state index in [1.165, 1.54) is 17.3 Å². The van der Waals surface area contributed by atoms with Crippen molar-refractivity contribution in [3.05, 3.63) is 66.2 Å². The van der Waals surface area contributed by atoms with Gasteiger partial charge in [-0.3, -0.25) is 4.79 Å². The van der Waals surface area contributed by atoms with Gasteiger partial charge in [0.15, 0.2) is 5.65 Å². The van der Waals surface area contributed by atoms with Crippen LogP contribution in [0, 0.1) is 0 Å². The number of hydrogen-bond donors (Lipinski definition) is 1. The number of carbonyl (C=O) groups excluding carboxylic acids is 1. The monoisotopic (exact) mass is 419 g/mol. The predicted molar refractivity (Wildman–Crippen MR) is 118 cm³/mol. The molecule has 0 aliphatic rings. The molecular formula is C22H21N5O2S. The lowest BCUT2D eigenvalue weighted by Gasteiger charge is -2.06. The molecule has 0 saturated heterocycles. The van der Waals surface area contributed by atoms with Crippen LogP contribution in [0.4, 0.5) is 5.69 Å². The first kappa shape index (κ1) is 19.9. The van der Waals surface area contributed by atoms with Crippen molar-refractivity contribution >= 4 is 29.0 Å². The number of hydrogen-bond acceptors (Lipinski definition) is 6. The molecule has 2 aromatic heterocycles. The maximum atomic E-state index is 12.3. The number of rotatable bonds is 7. The average Bonchev–Trinajstić information content (AvgIpc) is 3.20. The Kier molecular flexibility index (Phi) is 5.94. The topological polar surface area (TPSA) is 81.4 Å². The number of benzene rings is 2. The summed E-state index contributed by atoms with van der Waals surface area (Å²) in [6.45, 7) is 2.13. The minimum atomic E-state index is -0.131. The number of nitrogens with zero attached hydrogens (tertiary/aromatic N) is 4. The number of aryl methyl sites for hydroxylation is 1. The number of thioether (sulfide) groups is 1. The zero-order chi connectivity index (χ0) is 20.9. The van der Waals surface area contributed by atoms with Crippen molar-refractivity contribution < 1.29 is 9.53 Å². The number of ether oxygens (including phenoxy) is 1. The maximum absolute atomic E-state index is 12.3. The van der Waals surface area contributed by atoms with Gasteiger partial charge >= 0.3 is 0 Å². The molecule has 0 radical (unpaired) electrons. The lowest BCUT2D eigenvalue weighted by molar-refractivity contribution is -0.113. The summed E-state index contributed by atoms with van der Waals surface area (Å²) >= 11 is 1.29. The summed E-state index contributed by atoms with van der Waals surface area (Å²) in [5.41, 5.74) is 4.49. The molecule has 0 fully saturated rings. The summed E-state index contributed by atoms with van der Waals surface area (Å²) < 4.78 is 6.80. The molecule has 0 atom stereocenters. The molecule has 1 amide bonds.